The molecule has 0 bridgehead atoms. The number of anilines is 1. The van der Waals surface area contributed by atoms with Crippen LogP contribution in [-0.4, -0.2) is 39.9 Å². The molecule has 6 nitrogen and oxygen atoms in total. The fourth-order valence-electron chi connectivity index (χ4n) is 2.52. The number of rotatable bonds is 4. The summed E-state index contributed by atoms with van der Waals surface area (Å²) >= 11 is 0. The van der Waals surface area contributed by atoms with Gasteiger partial charge in [-0.05, 0) is 36.8 Å². The third-order valence-corrected chi connectivity index (χ3v) is 3.78. The first-order valence-corrected chi connectivity index (χ1v) is 7.48. The molecule has 1 fully saturated rings. The number of nitrogens with one attached hydrogen (secondary N) is 2. The topological polar surface area (TPSA) is 78.1 Å². The fraction of sp³-hybridized carbons (Fsp3) is 0.235. The number of hydrogen-bond donors (Lipinski definition) is 2. The predicted molar refractivity (Wildman–Crippen MR) is 89.1 cm³/mol. The van der Waals surface area contributed by atoms with Crippen molar-refractivity contribution in [2.45, 2.75) is 13.0 Å². The lowest BCUT2D eigenvalue weighted by Gasteiger charge is -2.39. The average Bonchev–Trinajstić information content (AvgIpc) is 2.53. The molecule has 0 aliphatic carbocycles. The van der Waals surface area contributed by atoms with Gasteiger partial charge in [0, 0.05) is 37.2 Å². The monoisotopic (exact) mass is 310 g/mol. The van der Waals surface area contributed by atoms with Crippen LogP contribution in [0.3, 0.4) is 0 Å². The Balaban J connectivity index is 1.70. The summed E-state index contributed by atoms with van der Waals surface area (Å²) in [5, 5.41) is 3.21. The molecule has 0 unspecified atom stereocenters. The third-order valence-electron chi connectivity index (χ3n) is 3.78. The van der Waals surface area contributed by atoms with Crippen LogP contribution in [0, 0.1) is 0 Å². The van der Waals surface area contributed by atoms with E-state index >= 15 is 0 Å². The maximum absolute atomic E-state index is 12.0. The Bertz CT molecular complexity index is 777. The summed E-state index contributed by atoms with van der Waals surface area (Å²) < 4.78 is 0. The number of aromatic amines is 1. The molecule has 0 aromatic carbocycles. The summed E-state index contributed by atoms with van der Waals surface area (Å²) in [6.07, 6.45) is 8.39. The second-order valence-electron chi connectivity index (χ2n) is 5.45. The molecule has 1 aliphatic heterocycles. The summed E-state index contributed by atoms with van der Waals surface area (Å²) in [6.45, 7) is 3.02. The van der Waals surface area contributed by atoms with Gasteiger partial charge in [-0.2, -0.15) is 0 Å². The lowest BCUT2D eigenvalue weighted by molar-refractivity contribution is -0.129. The maximum Gasteiger partial charge on any atom is 0.271 e. The standard InChI is InChI=1S/C17H18N4O2/c1-2-3-16(22)21-10-14(11-21)20-15-8-13(9-19-17(15)23)12-4-6-18-7-5-12/h2-9,14,20H,10-11H2,1H3,(H,19,23). The van der Waals surface area contributed by atoms with E-state index in [1.165, 1.54) is 0 Å². The number of nitrogens with zero attached hydrogens (tertiary/aromatic N) is 2. The molecule has 0 atom stereocenters. The summed E-state index contributed by atoms with van der Waals surface area (Å²) in [7, 11) is 0. The molecule has 3 heterocycles. The van der Waals surface area contributed by atoms with E-state index in [0.717, 1.165) is 11.1 Å². The van der Waals surface area contributed by atoms with E-state index in [2.05, 4.69) is 15.3 Å². The molecule has 0 spiro atoms. The van der Waals surface area contributed by atoms with Gasteiger partial charge in [0.05, 0.1) is 6.04 Å². The highest BCUT2D eigenvalue weighted by molar-refractivity contribution is 5.88. The molecule has 23 heavy (non-hydrogen) atoms. The fourth-order valence-corrected chi connectivity index (χ4v) is 2.52. The minimum atomic E-state index is -0.166. The van der Waals surface area contributed by atoms with Gasteiger partial charge in [-0.3, -0.25) is 14.6 Å². The number of allylic oxidation sites excluding steroid dienone is 1. The van der Waals surface area contributed by atoms with E-state index in [-0.39, 0.29) is 17.5 Å². The van der Waals surface area contributed by atoms with Crippen molar-refractivity contribution in [2.24, 2.45) is 0 Å². The molecule has 2 N–H and O–H groups in total. The highest BCUT2D eigenvalue weighted by Gasteiger charge is 2.29. The molecule has 118 valence electrons. The largest absolute Gasteiger partial charge is 0.374 e. The third kappa shape index (κ3) is 3.31. The zero-order valence-corrected chi connectivity index (χ0v) is 12.8. The van der Waals surface area contributed by atoms with Gasteiger partial charge in [-0.15, -0.1) is 0 Å². The minimum absolute atomic E-state index is 0.00463. The van der Waals surface area contributed by atoms with Gasteiger partial charge in [-0.25, -0.2) is 0 Å². The van der Waals surface area contributed by atoms with Gasteiger partial charge in [0.2, 0.25) is 5.91 Å². The molecule has 3 rings (SSSR count). The lowest BCUT2D eigenvalue weighted by atomic mass is 10.1. The van der Waals surface area contributed by atoms with Gasteiger partial charge in [0.15, 0.2) is 0 Å². The van der Waals surface area contributed by atoms with Crippen LogP contribution in [0.1, 0.15) is 6.92 Å². The van der Waals surface area contributed by atoms with Crippen molar-refractivity contribution in [3.63, 3.8) is 0 Å². The van der Waals surface area contributed by atoms with Crippen molar-refractivity contribution in [3.8, 4) is 11.1 Å². The first-order valence-electron chi connectivity index (χ1n) is 7.48. The van der Waals surface area contributed by atoms with Crippen molar-refractivity contribution in [3.05, 3.63) is 59.3 Å². The molecule has 1 aliphatic rings. The highest BCUT2D eigenvalue weighted by atomic mass is 16.2. The van der Waals surface area contributed by atoms with Crippen molar-refractivity contribution in [1.82, 2.24) is 14.9 Å². The van der Waals surface area contributed by atoms with E-state index in [1.54, 1.807) is 35.6 Å². The number of carbonyl (C=O) groups excluding carboxylic acids is 1. The first-order chi connectivity index (χ1) is 11.2. The van der Waals surface area contributed by atoms with Crippen molar-refractivity contribution >= 4 is 11.6 Å². The Labute approximate surface area is 133 Å². The second-order valence-corrected chi connectivity index (χ2v) is 5.45. The Morgan fingerprint density at radius 2 is 2.09 bits per heavy atom. The average molecular weight is 310 g/mol. The van der Waals surface area contributed by atoms with Crippen LogP contribution in [0.2, 0.25) is 0 Å². The number of pyridine rings is 2. The summed E-state index contributed by atoms with van der Waals surface area (Å²) in [4.78, 5) is 32.1. The number of hydrogen-bond acceptors (Lipinski definition) is 4. The number of carbonyl (C=O) groups is 1. The molecule has 0 radical (unpaired) electrons. The Morgan fingerprint density at radius 1 is 1.35 bits per heavy atom. The Kier molecular flexibility index (Phi) is 4.23. The van der Waals surface area contributed by atoms with Crippen LogP contribution < -0.4 is 10.9 Å². The van der Waals surface area contributed by atoms with Gasteiger partial charge >= 0.3 is 0 Å². The van der Waals surface area contributed by atoms with Gasteiger partial charge < -0.3 is 15.2 Å². The van der Waals surface area contributed by atoms with Crippen molar-refractivity contribution in [2.75, 3.05) is 18.4 Å². The normalized spacial score (nSPS) is 14.7. The second kappa shape index (κ2) is 6.48. The van der Waals surface area contributed by atoms with E-state index < -0.39 is 0 Å². The summed E-state index contributed by atoms with van der Waals surface area (Å²) in [6, 6.07) is 5.69. The van der Waals surface area contributed by atoms with Crippen LogP contribution in [-0.2, 0) is 4.79 Å². The number of amides is 1. The quantitative estimate of drug-likeness (QED) is 0.842. The molecule has 6 heteroatoms. The summed E-state index contributed by atoms with van der Waals surface area (Å²) in [5.41, 5.74) is 2.25. The molecule has 1 saturated heterocycles. The molecule has 0 saturated carbocycles. The van der Waals surface area contributed by atoms with Crippen LogP contribution in [0.4, 0.5) is 5.69 Å². The van der Waals surface area contributed by atoms with Crippen LogP contribution in [0.5, 0.6) is 0 Å². The number of likely N-dealkylation sites (tertiary alicyclic amines) is 1. The van der Waals surface area contributed by atoms with Crippen molar-refractivity contribution in [1.29, 1.82) is 0 Å². The molecule has 2 aromatic heterocycles. The van der Waals surface area contributed by atoms with E-state index in [4.69, 9.17) is 0 Å². The lowest BCUT2D eigenvalue weighted by Crippen LogP contribution is -2.57. The maximum atomic E-state index is 12.0. The molecule has 1 amide bonds. The van der Waals surface area contributed by atoms with Gasteiger partial charge in [0.25, 0.3) is 5.56 Å². The highest BCUT2D eigenvalue weighted by Crippen LogP contribution is 2.20. The Hall–Kier alpha value is -2.89. The molecular formula is C17H18N4O2. The van der Waals surface area contributed by atoms with Crippen LogP contribution >= 0.6 is 0 Å². The minimum Gasteiger partial charge on any atom is -0.374 e. The number of aromatic nitrogens is 2. The Morgan fingerprint density at radius 3 is 2.78 bits per heavy atom. The predicted octanol–water partition coefficient (Wildman–Crippen LogP) is 1.64. The zero-order valence-electron chi connectivity index (χ0n) is 12.8. The van der Waals surface area contributed by atoms with E-state index in [1.807, 2.05) is 25.1 Å². The van der Waals surface area contributed by atoms with Gasteiger partial charge in [-0.1, -0.05) is 6.08 Å². The van der Waals surface area contributed by atoms with Gasteiger partial charge in [0.1, 0.15) is 5.69 Å². The van der Waals surface area contributed by atoms with Crippen LogP contribution in [0.15, 0.2) is 53.7 Å². The van der Waals surface area contributed by atoms with Crippen molar-refractivity contribution < 1.29 is 4.79 Å². The molecule has 2 aromatic rings. The zero-order chi connectivity index (χ0) is 16.2. The number of H-pyrrole nitrogens is 1. The van der Waals surface area contributed by atoms with Crippen LogP contribution in [0.25, 0.3) is 11.1 Å². The SMILES string of the molecule is CC=CC(=O)N1CC(Nc2cc(-c3ccncc3)c[nH]c2=O)C1. The summed E-state index contributed by atoms with van der Waals surface area (Å²) in [5.74, 6) is 0.00463. The molecular weight excluding hydrogens is 292 g/mol. The smallest absolute Gasteiger partial charge is 0.271 e. The van der Waals surface area contributed by atoms with E-state index in [9.17, 15) is 9.59 Å². The van der Waals surface area contributed by atoms with E-state index in [0.29, 0.717) is 18.8 Å². The first kappa shape index (κ1) is 15.0.